The Balaban J connectivity index is 2.00. The number of aliphatic carboxylic acids is 1. The van der Waals surface area contributed by atoms with Crippen LogP contribution >= 0.6 is 0 Å². The molecule has 0 atom stereocenters. The molecule has 1 heterocycles. The van der Waals surface area contributed by atoms with Crippen LogP contribution in [0.15, 0.2) is 24.5 Å². The Bertz CT molecular complexity index is 475. The third kappa shape index (κ3) is 8.39. The van der Waals surface area contributed by atoms with Gasteiger partial charge in [0.2, 0.25) is 0 Å². The third-order valence-corrected chi connectivity index (χ3v) is 3.69. The van der Waals surface area contributed by atoms with Crippen LogP contribution in [0.5, 0.6) is 0 Å². The van der Waals surface area contributed by atoms with Crippen LogP contribution in [0.25, 0.3) is 0 Å². The van der Waals surface area contributed by atoms with E-state index in [-0.39, 0.29) is 6.42 Å². The Morgan fingerprint density at radius 3 is 2.18 bits per heavy atom. The lowest BCUT2D eigenvalue weighted by Crippen LogP contribution is -2.34. The van der Waals surface area contributed by atoms with Crippen LogP contribution in [-0.4, -0.2) is 11.9 Å². The number of carboxylic acid groups (broad SMARTS) is 1. The van der Waals surface area contributed by atoms with Crippen molar-refractivity contribution in [2.75, 3.05) is 0 Å². The average Bonchev–Trinajstić information content (AvgIpc) is 2.49. The summed E-state index contributed by atoms with van der Waals surface area (Å²) in [5.74, 6) is -1.34. The predicted molar refractivity (Wildman–Crippen MR) is 81.7 cm³/mol. The molecule has 22 heavy (non-hydrogen) atoms. The molecule has 0 aliphatic rings. The summed E-state index contributed by atoms with van der Waals surface area (Å²) in [4.78, 5) is 21.3. The molecule has 0 aliphatic heterocycles. The number of aryl methyl sites for hydroxylation is 1. The molecule has 0 aliphatic carbocycles. The molecule has 0 saturated carbocycles. The minimum Gasteiger partial charge on any atom is -0.550 e. The number of hydrogen-bond donors (Lipinski definition) is 1. The number of aromatic nitrogens is 1. The van der Waals surface area contributed by atoms with Gasteiger partial charge in [0.15, 0.2) is 12.4 Å². The predicted octanol–water partition coefficient (Wildman–Crippen LogP) is 1.33. The number of amides is 1. The standard InChI is InChI=1S/C17H26N2O3/c18-17(22)15-10-9-13-19(14-15)12-8-6-4-2-1-3-5-7-11-16(20)21/h9-10,13-14H,1-8,11-12H2,(H2-,18,20,21,22). The van der Waals surface area contributed by atoms with Crippen molar-refractivity contribution in [1.82, 2.24) is 0 Å². The number of unbranched alkanes of at least 4 members (excludes halogenated alkanes) is 7. The van der Waals surface area contributed by atoms with E-state index >= 15 is 0 Å². The smallest absolute Gasteiger partial charge is 0.254 e. The highest BCUT2D eigenvalue weighted by Crippen LogP contribution is 2.09. The van der Waals surface area contributed by atoms with Crippen LogP contribution in [0.2, 0.25) is 0 Å². The normalized spacial score (nSPS) is 10.5. The lowest BCUT2D eigenvalue weighted by molar-refractivity contribution is -0.697. The van der Waals surface area contributed by atoms with Gasteiger partial charge in [-0.3, -0.25) is 4.79 Å². The highest BCUT2D eigenvalue weighted by atomic mass is 16.4. The van der Waals surface area contributed by atoms with Crippen molar-refractivity contribution in [3.05, 3.63) is 30.1 Å². The van der Waals surface area contributed by atoms with E-state index in [9.17, 15) is 14.7 Å². The number of carbonyl (C=O) groups excluding carboxylic acids is 2. The van der Waals surface area contributed by atoms with Crippen molar-refractivity contribution in [2.45, 2.75) is 64.3 Å². The number of carboxylic acids is 1. The van der Waals surface area contributed by atoms with Crippen LogP contribution in [0.4, 0.5) is 0 Å². The van der Waals surface area contributed by atoms with Gasteiger partial charge in [0.1, 0.15) is 12.1 Å². The van der Waals surface area contributed by atoms with Gasteiger partial charge in [-0.1, -0.05) is 32.1 Å². The number of nitrogens with zero attached hydrogens (tertiary/aromatic N) is 1. The largest absolute Gasteiger partial charge is 0.550 e. The van der Waals surface area contributed by atoms with E-state index in [1.54, 1.807) is 12.3 Å². The maximum atomic E-state index is 11.1. The summed E-state index contributed by atoms with van der Waals surface area (Å²) in [6.45, 7) is 0.896. The van der Waals surface area contributed by atoms with Crippen LogP contribution in [0.1, 0.15) is 68.1 Å². The van der Waals surface area contributed by atoms with Gasteiger partial charge in [-0.05, 0) is 25.3 Å². The molecule has 0 spiro atoms. The van der Waals surface area contributed by atoms with Crippen molar-refractivity contribution in [3.63, 3.8) is 0 Å². The number of pyridine rings is 1. The second kappa shape index (κ2) is 10.8. The van der Waals surface area contributed by atoms with Gasteiger partial charge in [0.05, 0.1) is 0 Å². The molecule has 0 fully saturated rings. The Morgan fingerprint density at radius 2 is 1.59 bits per heavy atom. The SMILES string of the molecule is NC(=O)c1ccc[n+](CCCCCCCCCCC(=O)[O-])c1. The first-order chi connectivity index (χ1) is 10.6. The molecule has 122 valence electrons. The Kier molecular flexibility index (Phi) is 8.88. The average molecular weight is 306 g/mol. The summed E-state index contributed by atoms with van der Waals surface area (Å²) in [5.41, 5.74) is 5.80. The summed E-state index contributed by atoms with van der Waals surface area (Å²) in [6, 6.07) is 3.56. The van der Waals surface area contributed by atoms with Gasteiger partial charge in [-0.2, -0.15) is 0 Å². The second-order valence-electron chi connectivity index (χ2n) is 5.65. The molecular weight excluding hydrogens is 280 g/mol. The zero-order valence-electron chi connectivity index (χ0n) is 13.1. The summed E-state index contributed by atoms with van der Waals surface area (Å²) in [5, 5.41) is 10.2. The van der Waals surface area contributed by atoms with Crippen molar-refractivity contribution >= 4 is 11.9 Å². The molecule has 1 aromatic rings. The Labute approximate surface area is 132 Å². The fourth-order valence-electron chi connectivity index (χ4n) is 2.43. The van der Waals surface area contributed by atoms with Gasteiger partial charge in [0.25, 0.3) is 5.91 Å². The lowest BCUT2D eigenvalue weighted by Gasteiger charge is -2.03. The van der Waals surface area contributed by atoms with Crippen LogP contribution in [0.3, 0.4) is 0 Å². The van der Waals surface area contributed by atoms with Gasteiger partial charge >= 0.3 is 0 Å². The first-order valence-electron chi connectivity index (χ1n) is 8.08. The molecule has 0 saturated heterocycles. The third-order valence-electron chi connectivity index (χ3n) is 3.69. The molecule has 5 nitrogen and oxygen atoms in total. The zero-order valence-corrected chi connectivity index (χ0v) is 13.1. The summed E-state index contributed by atoms with van der Waals surface area (Å²) < 4.78 is 2.00. The Hall–Kier alpha value is -1.91. The fourth-order valence-corrected chi connectivity index (χ4v) is 2.43. The fraction of sp³-hybridized carbons (Fsp3) is 0.588. The van der Waals surface area contributed by atoms with Crippen LogP contribution in [0, 0.1) is 0 Å². The molecular formula is C17H26N2O3. The monoisotopic (exact) mass is 306 g/mol. The maximum absolute atomic E-state index is 11.1. The number of carbonyl (C=O) groups is 2. The number of hydrogen-bond acceptors (Lipinski definition) is 3. The first kappa shape index (κ1) is 18.1. The van der Waals surface area contributed by atoms with Crippen molar-refractivity contribution in [3.8, 4) is 0 Å². The minimum absolute atomic E-state index is 0.182. The second-order valence-corrected chi connectivity index (χ2v) is 5.65. The van der Waals surface area contributed by atoms with E-state index in [2.05, 4.69) is 0 Å². The molecule has 0 bridgehead atoms. The highest BCUT2D eigenvalue weighted by molar-refractivity contribution is 5.92. The van der Waals surface area contributed by atoms with Gasteiger partial charge in [-0.25, -0.2) is 4.57 Å². The zero-order chi connectivity index (χ0) is 16.2. The number of rotatable bonds is 12. The topological polar surface area (TPSA) is 87.1 Å². The molecule has 0 unspecified atom stereocenters. The van der Waals surface area contributed by atoms with E-state index in [1.165, 1.54) is 12.8 Å². The van der Waals surface area contributed by atoms with Crippen LogP contribution in [-0.2, 0) is 11.3 Å². The number of nitrogens with two attached hydrogens (primary N) is 1. The van der Waals surface area contributed by atoms with Gasteiger partial charge in [-0.15, -0.1) is 0 Å². The van der Waals surface area contributed by atoms with Crippen molar-refractivity contribution < 1.29 is 19.3 Å². The number of primary amides is 1. The summed E-state index contributed by atoms with van der Waals surface area (Å²) in [6.07, 6.45) is 12.5. The van der Waals surface area contributed by atoms with Crippen molar-refractivity contribution in [2.24, 2.45) is 5.73 Å². The van der Waals surface area contributed by atoms with E-state index < -0.39 is 11.9 Å². The van der Waals surface area contributed by atoms with E-state index in [1.807, 2.05) is 16.8 Å². The molecule has 0 aromatic carbocycles. The first-order valence-corrected chi connectivity index (χ1v) is 8.08. The van der Waals surface area contributed by atoms with E-state index in [0.717, 1.165) is 45.1 Å². The molecule has 0 radical (unpaired) electrons. The maximum Gasteiger partial charge on any atom is 0.254 e. The van der Waals surface area contributed by atoms with Crippen molar-refractivity contribution in [1.29, 1.82) is 0 Å². The van der Waals surface area contributed by atoms with Crippen LogP contribution < -0.4 is 15.4 Å². The Morgan fingerprint density at radius 1 is 1.00 bits per heavy atom. The lowest BCUT2D eigenvalue weighted by atomic mass is 10.1. The molecule has 1 rings (SSSR count). The highest BCUT2D eigenvalue weighted by Gasteiger charge is 2.06. The van der Waals surface area contributed by atoms with Gasteiger partial charge < -0.3 is 15.6 Å². The molecule has 5 heteroatoms. The molecule has 1 amide bonds. The molecule has 2 N–H and O–H groups in total. The molecule has 1 aromatic heterocycles. The summed E-state index contributed by atoms with van der Waals surface area (Å²) >= 11 is 0. The quantitative estimate of drug-likeness (QED) is 0.467. The minimum atomic E-state index is -0.946. The van der Waals surface area contributed by atoms with Gasteiger partial charge in [0, 0.05) is 18.5 Å². The summed E-state index contributed by atoms with van der Waals surface area (Å²) in [7, 11) is 0. The van der Waals surface area contributed by atoms with E-state index in [4.69, 9.17) is 5.73 Å². The van der Waals surface area contributed by atoms with E-state index in [0.29, 0.717) is 5.56 Å².